The van der Waals surface area contributed by atoms with Crippen LogP contribution in [0.2, 0.25) is 0 Å². The number of carboxylic acids is 1. The number of nitrogens with two attached hydrogens (primary N) is 1. The van der Waals surface area contributed by atoms with Gasteiger partial charge in [0.05, 0.1) is 0 Å². The summed E-state index contributed by atoms with van der Waals surface area (Å²) in [5.41, 5.74) is 6.42. The van der Waals surface area contributed by atoms with Crippen LogP contribution >= 0.6 is 11.8 Å². The SMILES string of the molecule is NCCC(=O)N[C@@H](CSCc1ccccc1)C(=O)NCC(=O)O. The molecule has 1 aromatic rings. The maximum Gasteiger partial charge on any atom is 0.322 e. The van der Waals surface area contributed by atoms with Crippen LogP contribution in [-0.2, 0) is 20.1 Å². The lowest BCUT2D eigenvalue weighted by Crippen LogP contribution is -2.49. The van der Waals surface area contributed by atoms with Crippen molar-refractivity contribution in [2.75, 3.05) is 18.8 Å². The first-order chi connectivity index (χ1) is 11.0. The Morgan fingerprint density at radius 1 is 1.22 bits per heavy atom. The van der Waals surface area contributed by atoms with Gasteiger partial charge in [0, 0.05) is 24.5 Å². The smallest absolute Gasteiger partial charge is 0.322 e. The van der Waals surface area contributed by atoms with Crippen molar-refractivity contribution in [1.29, 1.82) is 0 Å². The summed E-state index contributed by atoms with van der Waals surface area (Å²) in [6.45, 7) is -0.294. The average Bonchev–Trinajstić information content (AvgIpc) is 2.53. The molecule has 0 aromatic heterocycles. The van der Waals surface area contributed by atoms with Crippen molar-refractivity contribution >= 4 is 29.5 Å². The number of amides is 2. The van der Waals surface area contributed by atoms with Gasteiger partial charge in [0.25, 0.3) is 0 Å². The van der Waals surface area contributed by atoms with E-state index in [1.165, 1.54) is 11.8 Å². The fourth-order valence-electron chi connectivity index (χ4n) is 1.74. The van der Waals surface area contributed by atoms with Crippen LogP contribution < -0.4 is 16.4 Å². The quantitative estimate of drug-likeness (QED) is 0.474. The molecule has 5 N–H and O–H groups in total. The molecular weight excluding hydrogens is 318 g/mol. The number of hydrogen-bond donors (Lipinski definition) is 4. The molecule has 0 spiro atoms. The van der Waals surface area contributed by atoms with Gasteiger partial charge in [0.1, 0.15) is 12.6 Å². The van der Waals surface area contributed by atoms with Crippen molar-refractivity contribution in [2.45, 2.75) is 18.2 Å². The summed E-state index contributed by atoms with van der Waals surface area (Å²) in [5, 5.41) is 13.5. The molecule has 126 valence electrons. The second kappa shape index (κ2) is 10.6. The van der Waals surface area contributed by atoms with Crippen LogP contribution in [0.25, 0.3) is 0 Å². The number of carbonyl (C=O) groups is 3. The summed E-state index contributed by atoms with van der Waals surface area (Å²) >= 11 is 1.48. The van der Waals surface area contributed by atoms with Crippen molar-refractivity contribution in [1.82, 2.24) is 10.6 Å². The second-order valence-electron chi connectivity index (χ2n) is 4.77. The number of benzene rings is 1. The number of rotatable bonds is 10. The zero-order valence-electron chi connectivity index (χ0n) is 12.7. The van der Waals surface area contributed by atoms with Crippen molar-refractivity contribution < 1.29 is 19.5 Å². The molecule has 8 heteroatoms. The zero-order valence-corrected chi connectivity index (χ0v) is 13.5. The van der Waals surface area contributed by atoms with Gasteiger partial charge in [0.15, 0.2) is 0 Å². The lowest BCUT2D eigenvalue weighted by molar-refractivity contribution is -0.138. The van der Waals surface area contributed by atoms with E-state index >= 15 is 0 Å². The number of thioether (sulfide) groups is 1. The Morgan fingerprint density at radius 2 is 1.91 bits per heavy atom. The van der Waals surface area contributed by atoms with E-state index in [-0.39, 0.29) is 18.9 Å². The average molecular weight is 339 g/mol. The van der Waals surface area contributed by atoms with Gasteiger partial charge in [-0.2, -0.15) is 11.8 Å². The first-order valence-corrected chi connectivity index (χ1v) is 8.29. The molecule has 23 heavy (non-hydrogen) atoms. The van der Waals surface area contributed by atoms with E-state index in [0.29, 0.717) is 11.5 Å². The number of carbonyl (C=O) groups excluding carboxylic acids is 2. The van der Waals surface area contributed by atoms with Crippen LogP contribution in [0.1, 0.15) is 12.0 Å². The molecule has 7 nitrogen and oxygen atoms in total. The maximum atomic E-state index is 12.0. The van der Waals surface area contributed by atoms with Crippen LogP contribution in [0.5, 0.6) is 0 Å². The topological polar surface area (TPSA) is 122 Å². The minimum Gasteiger partial charge on any atom is -0.480 e. The first-order valence-electron chi connectivity index (χ1n) is 7.13. The molecule has 0 radical (unpaired) electrons. The normalized spacial score (nSPS) is 11.5. The third kappa shape index (κ3) is 8.22. The standard InChI is InChI=1S/C15H21N3O4S/c16-7-6-13(19)18-12(15(22)17-8-14(20)21)10-23-9-11-4-2-1-3-5-11/h1-5,12H,6-10,16H2,(H,17,22)(H,18,19)(H,20,21)/t12-/m0/s1. The molecule has 0 fully saturated rings. The summed E-state index contributed by atoms with van der Waals surface area (Å²) in [4.78, 5) is 34.2. The lowest BCUT2D eigenvalue weighted by atomic mass is 10.2. The highest BCUT2D eigenvalue weighted by atomic mass is 32.2. The zero-order chi connectivity index (χ0) is 17.1. The van der Waals surface area contributed by atoms with Gasteiger partial charge < -0.3 is 21.5 Å². The van der Waals surface area contributed by atoms with Gasteiger partial charge in [-0.25, -0.2) is 0 Å². The van der Waals surface area contributed by atoms with E-state index in [2.05, 4.69) is 10.6 Å². The van der Waals surface area contributed by atoms with Crippen molar-refractivity contribution in [3.8, 4) is 0 Å². The number of hydrogen-bond acceptors (Lipinski definition) is 5. The highest BCUT2D eigenvalue weighted by molar-refractivity contribution is 7.98. The van der Waals surface area contributed by atoms with E-state index in [9.17, 15) is 14.4 Å². The summed E-state index contributed by atoms with van der Waals surface area (Å²) in [7, 11) is 0. The van der Waals surface area contributed by atoms with Crippen molar-refractivity contribution in [3.05, 3.63) is 35.9 Å². The summed E-state index contributed by atoms with van der Waals surface area (Å²) in [6, 6.07) is 8.93. The number of carboxylic acid groups (broad SMARTS) is 1. The Kier molecular flexibility index (Phi) is 8.78. The molecule has 0 bridgehead atoms. The van der Waals surface area contributed by atoms with E-state index in [1.54, 1.807) is 0 Å². The first kappa shape index (κ1) is 19.0. The van der Waals surface area contributed by atoms with Crippen LogP contribution in [0, 0.1) is 0 Å². The molecule has 1 atom stereocenters. The minimum atomic E-state index is -1.14. The van der Waals surface area contributed by atoms with Gasteiger partial charge in [-0.15, -0.1) is 0 Å². The number of aliphatic carboxylic acids is 1. The molecule has 1 rings (SSSR count). The monoisotopic (exact) mass is 339 g/mol. The van der Waals surface area contributed by atoms with E-state index in [4.69, 9.17) is 10.8 Å². The summed E-state index contributed by atoms with van der Waals surface area (Å²) in [5.74, 6) is -0.948. The summed E-state index contributed by atoms with van der Waals surface area (Å²) < 4.78 is 0. The fourth-order valence-corrected chi connectivity index (χ4v) is 2.75. The van der Waals surface area contributed by atoms with Crippen LogP contribution in [0.15, 0.2) is 30.3 Å². The third-order valence-electron chi connectivity index (χ3n) is 2.83. The highest BCUT2D eigenvalue weighted by Gasteiger charge is 2.20. The molecule has 0 saturated carbocycles. The fraction of sp³-hybridized carbons (Fsp3) is 0.400. The van der Waals surface area contributed by atoms with Gasteiger partial charge in [0.2, 0.25) is 11.8 Å². The number of nitrogens with one attached hydrogen (secondary N) is 2. The van der Waals surface area contributed by atoms with Gasteiger partial charge in [-0.1, -0.05) is 30.3 Å². The molecule has 2 amide bonds. The minimum absolute atomic E-state index is 0.117. The lowest BCUT2D eigenvalue weighted by Gasteiger charge is -2.17. The molecule has 1 aromatic carbocycles. The summed E-state index contributed by atoms with van der Waals surface area (Å²) in [6.07, 6.45) is 0.117. The van der Waals surface area contributed by atoms with Crippen molar-refractivity contribution in [3.63, 3.8) is 0 Å². The molecule has 0 saturated heterocycles. The van der Waals surface area contributed by atoms with Crippen molar-refractivity contribution in [2.24, 2.45) is 5.73 Å². The Hall–Kier alpha value is -2.06. The highest BCUT2D eigenvalue weighted by Crippen LogP contribution is 2.13. The third-order valence-corrected chi connectivity index (χ3v) is 3.94. The molecule has 0 unspecified atom stereocenters. The maximum absolute atomic E-state index is 12.0. The Labute approximate surface area is 139 Å². The second-order valence-corrected chi connectivity index (χ2v) is 5.80. The van der Waals surface area contributed by atoms with Gasteiger partial charge >= 0.3 is 5.97 Å². The van der Waals surface area contributed by atoms with Gasteiger partial charge in [-0.3, -0.25) is 14.4 Å². The molecule has 0 heterocycles. The van der Waals surface area contributed by atoms with Crippen LogP contribution in [0.3, 0.4) is 0 Å². The molecule has 0 aliphatic carbocycles. The van der Waals surface area contributed by atoms with Crippen LogP contribution in [0.4, 0.5) is 0 Å². The van der Waals surface area contributed by atoms with E-state index in [0.717, 1.165) is 5.56 Å². The predicted octanol–water partition coefficient (Wildman–Crippen LogP) is -0.0458. The Balaban J connectivity index is 2.53. The molecule has 0 aliphatic rings. The predicted molar refractivity (Wildman–Crippen MR) is 88.9 cm³/mol. The largest absolute Gasteiger partial charge is 0.480 e. The Bertz CT molecular complexity index is 525. The van der Waals surface area contributed by atoms with E-state index < -0.39 is 24.5 Å². The molecule has 0 aliphatic heterocycles. The van der Waals surface area contributed by atoms with E-state index in [1.807, 2.05) is 30.3 Å². The Morgan fingerprint density at radius 3 is 2.52 bits per heavy atom. The van der Waals surface area contributed by atoms with Gasteiger partial charge in [-0.05, 0) is 5.56 Å². The van der Waals surface area contributed by atoms with Crippen LogP contribution in [-0.4, -0.2) is 47.8 Å². The molecular formula is C15H21N3O4S.